The summed E-state index contributed by atoms with van der Waals surface area (Å²) in [6.45, 7) is 0.503. The molecule has 4 nitrogen and oxygen atoms in total. The van der Waals surface area contributed by atoms with Crippen molar-refractivity contribution in [1.82, 2.24) is 5.32 Å². The van der Waals surface area contributed by atoms with Crippen molar-refractivity contribution in [3.63, 3.8) is 0 Å². The highest BCUT2D eigenvalue weighted by molar-refractivity contribution is 7.09. The normalized spacial score (nSPS) is 16.6. The molecule has 0 saturated heterocycles. The van der Waals surface area contributed by atoms with Crippen LogP contribution in [0.5, 0.6) is 0 Å². The third-order valence-corrected chi connectivity index (χ3v) is 4.72. The molecule has 1 aromatic heterocycles. The molecular weight excluding hydrogens is 262 g/mol. The Kier molecular flexibility index (Phi) is 4.58. The summed E-state index contributed by atoms with van der Waals surface area (Å²) in [5.41, 5.74) is -0.190. The fourth-order valence-electron chi connectivity index (χ4n) is 2.48. The molecule has 0 atom stereocenters. The molecule has 1 fully saturated rings. The fraction of sp³-hybridized carbons (Fsp3) is 0.571. The van der Waals surface area contributed by atoms with E-state index in [1.165, 1.54) is 4.88 Å². The van der Waals surface area contributed by atoms with Crippen LogP contribution in [0.4, 0.5) is 0 Å². The lowest BCUT2D eigenvalue weighted by Gasteiger charge is -2.40. The number of hydrogen-bond acceptors (Lipinski definition) is 3. The second kappa shape index (κ2) is 6.19. The number of nitrogens with one attached hydrogen (secondary N) is 1. The topological polar surface area (TPSA) is 66.4 Å². The average molecular weight is 281 g/mol. The Hall–Kier alpha value is -1.36. The molecule has 1 aliphatic carbocycles. The van der Waals surface area contributed by atoms with Gasteiger partial charge >= 0.3 is 5.97 Å². The molecule has 19 heavy (non-hydrogen) atoms. The van der Waals surface area contributed by atoms with Crippen molar-refractivity contribution < 1.29 is 14.7 Å². The van der Waals surface area contributed by atoms with Crippen LogP contribution >= 0.6 is 11.3 Å². The molecule has 104 valence electrons. The van der Waals surface area contributed by atoms with Crippen LogP contribution in [-0.4, -0.2) is 23.5 Å². The van der Waals surface area contributed by atoms with Gasteiger partial charge in [-0.2, -0.15) is 0 Å². The Balaban J connectivity index is 1.72. The molecule has 5 heteroatoms. The summed E-state index contributed by atoms with van der Waals surface area (Å²) in [5, 5.41) is 13.8. The van der Waals surface area contributed by atoms with Crippen LogP contribution in [-0.2, 0) is 16.0 Å². The van der Waals surface area contributed by atoms with Gasteiger partial charge in [-0.1, -0.05) is 12.5 Å². The van der Waals surface area contributed by atoms with E-state index in [0.717, 1.165) is 25.7 Å². The summed E-state index contributed by atoms with van der Waals surface area (Å²) < 4.78 is 0. The Morgan fingerprint density at radius 1 is 1.42 bits per heavy atom. The predicted molar refractivity (Wildman–Crippen MR) is 74.2 cm³/mol. The largest absolute Gasteiger partial charge is 0.481 e. The summed E-state index contributed by atoms with van der Waals surface area (Å²) in [5.74, 6) is -0.752. The van der Waals surface area contributed by atoms with Crippen molar-refractivity contribution in [2.75, 3.05) is 6.54 Å². The molecule has 1 aromatic rings. The Labute approximate surface area is 116 Å². The fourth-order valence-corrected chi connectivity index (χ4v) is 3.19. The molecule has 0 unspecified atom stereocenters. The van der Waals surface area contributed by atoms with Crippen LogP contribution in [0.1, 0.15) is 37.0 Å². The van der Waals surface area contributed by atoms with Crippen LogP contribution in [0, 0.1) is 5.41 Å². The van der Waals surface area contributed by atoms with Gasteiger partial charge in [0.15, 0.2) is 0 Å². The maximum Gasteiger partial charge on any atom is 0.303 e. The van der Waals surface area contributed by atoms with E-state index in [4.69, 9.17) is 5.11 Å². The standard InChI is InChI=1S/C14H19NO3S/c16-12(5-4-11-3-1-8-19-11)15-10-14(6-2-7-14)9-13(17)18/h1,3,8H,2,4-7,9-10H2,(H,15,16)(H,17,18). The number of thiophene rings is 1. The van der Waals surface area contributed by atoms with Gasteiger partial charge in [0.1, 0.15) is 0 Å². The first kappa shape index (κ1) is 14.1. The minimum absolute atomic E-state index is 0.0186. The number of carboxylic acid groups (broad SMARTS) is 1. The predicted octanol–water partition coefficient (Wildman–Crippen LogP) is 2.44. The van der Waals surface area contributed by atoms with Crippen LogP contribution in [0.15, 0.2) is 17.5 Å². The summed E-state index contributed by atoms with van der Waals surface area (Å²) in [6, 6.07) is 4.00. The highest BCUT2D eigenvalue weighted by Gasteiger charge is 2.39. The average Bonchev–Trinajstić information content (AvgIpc) is 2.82. The summed E-state index contributed by atoms with van der Waals surface area (Å²) >= 11 is 1.65. The van der Waals surface area contributed by atoms with Crippen LogP contribution < -0.4 is 5.32 Å². The first-order chi connectivity index (χ1) is 9.10. The van der Waals surface area contributed by atoms with Gasteiger partial charge in [-0.3, -0.25) is 9.59 Å². The van der Waals surface area contributed by atoms with E-state index in [-0.39, 0.29) is 17.7 Å². The second-order valence-corrected chi connectivity index (χ2v) is 6.31. The van der Waals surface area contributed by atoms with E-state index in [2.05, 4.69) is 5.32 Å². The van der Waals surface area contributed by atoms with E-state index < -0.39 is 5.97 Å². The number of carbonyl (C=O) groups is 2. The van der Waals surface area contributed by atoms with E-state index in [0.29, 0.717) is 13.0 Å². The molecule has 1 saturated carbocycles. The lowest BCUT2D eigenvalue weighted by molar-refractivity contribution is -0.141. The van der Waals surface area contributed by atoms with Crippen molar-refractivity contribution in [2.45, 2.75) is 38.5 Å². The zero-order valence-electron chi connectivity index (χ0n) is 10.9. The summed E-state index contributed by atoms with van der Waals surface area (Å²) in [4.78, 5) is 23.8. The number of carbonyl (C=O) groups excluding carboxylic acids is 1. The Morgan fingerprint density at radius 2 is 2.21 bits per heavy atom. The molecule has 0 radical (unpaired) electrons. The Morgan fingerprint density at radius 3 is 2.74 bits per heavy atom. The zero-order chi connectivity index (χ0) is 13.7. The molecule has 1 heterocycles. The SMILES string of the molecule is O=C(O)CC1(CNC(=O)CCc2cccs2)CCC1. The lowest BCUT2D eigenvalue weighted by atomic mass is 9.66. The number of hydrogen-bond donors (Lipinski definition) is 2. The van der Waals surface area contributed by atoms with Crippen LogP contribution in [0.3, 0.4) is 0 Å². The summed E-state index contributed by atoms with van der Waals surface area (Å²) in [7, 11) is 0. The zero-order valence-corrected chi connectivity index (χ0v) is 11.7. The molecule has 0 aliphatic heterocycles. The van der Waals surface area contributed by atoms with Gasteiger partial charge in [0.25, 0.3) is 0 Å². The molecule has 0 aromatic carbocycles. The Bertz CT molecular complexity index is 438. The van der Waals surface area contributed by atoms with Crippen LogP contribution in [0.2, 0.25) is 0 Å². The molecule has 1 amide bonds. The van der Waals surface area contributed by atoms with Crippen molar-refractivity contribution in [2.24, 2.45) is 5.41 Å². The first-order valence-electron chi connectivity index (χ1n) is 6.61. The van der Waals surface area contributed by atoms with Gasteiger partial charge in [-0.05, 0) is 36.1 Å². The van der Waals surface area contributed by atoms with Gasteiger partial charge in [-0.15, -0.1) is 11.3 Å². The smallest absolute Gasteiger partial charge is 0.303 e. The maximum atomic E-state index is 11.8. The molecule has 0 bridgehead atoms. The van der Waals surface area contributed by atoms with Gasteiger partial charge in [0.2, 0.25) is 5.91 Å². The monoisotopic (exact) mass is 281 g/mol. The van der Waals surface area contributed by atoms with E-state index in [9.17, 15) is 9.59 Å². The van der Waals surface area contributed by atoms with E-state index >= 15 is 0 Å². The maximum absolute atomic E-state index is 11.8. The highest BCUT2D eigenvalue weighted by Crippen LogP contribution is 2.43. The third-order valence-electron chi connectivity index (χ3n) is 3.78. The first-order valence-corrected chi connectivity index (χ1v) is 7.49. The van der Waals surface area contributed by atoms with Crippen molar-refractivity contribution in [3.05, 3.63) is 22.4 Å². The second-order valence-electron chi connectivity index (χ2n) is 5.28. The molecule has 1 aliphatic rings. The summed E-state index contributed by atoms with van der Waals surface area (Å²) in [6.07, 6.45) is 4.28. The van der Waals surface area contributed by atoms with E-state index in [1.54, 1.807) is 11.3 Å². The molecule has 2 rings (SSSR count). The minimum atomic E-state index is -0.771. The highest BCUT2D eigenvalue weighted by atomic mass is 32.1. The van der Waals surface area contributed by atoms with Crippen LogP contribution in [0.25, 0.3) is 0 Å². The number of rotatable bonds is 7. The van der Waals surface area contributed by atoms with Crippen molar-refractivity contribution >= 4 is 23.2 Å². The molecule has 0 spiro atoms. The van der Waals surface area contributed by atoms with E-state index in [1.807, 2.05) is 17.5 Å². The number of carboxylic acids is 1. The lowest BCUT2D eigenvalue weighted by Crippen LogP contribution is -2.43. The van der Waals surface area contributed by atoms with Gasteiger partial charge in [-0.25, -0.2) is 0 Å². The van der Waals surface area contributed by atoms with Crippen molar-refractivity contribution in [1.29, 1.82) is 0 Å². The molecule has 2 N–H and O–H groups in total. The van der Waals surface area contributed by atoms with Gasteiger partial charge < -0.3 is 10.4 Å². The molecular formula is C14H19NO3S. The quantitative estimate of drug-likeness (QED) is 0.806. The number of amides is 1. The minimum Gasteiger partial charge on any atom is -0.481 e. The number of aryl methyl sites for hydroxylation is 1. The van der Waals surface area contributed by atoms with Crippen molar-refractivity contribution in [3.8, 4) is 0 Å². The number of aliphatic carboxylic acids is 1. The van der Waals surface area contributed by atoms with Gasteiger partial charge in [0.05, 0.1) is 6.42 Å². The third kappa shape index (κ3) is 4.06. The van der Waals surface area contributed by atoms with Gasteiger partial charge in [0, 0.05) is 17.8 Å².